The second kappa shape index (κ2) is 8.00. The zero-order valence-electron chi connectivity index (χ0n) is 15.1. The van der Waals surface area contributed by atoms with E-state index >= 15 is 0 Å². The molecule has 0 saturated carbocycles. The van der Waals surface area contributed by atoms with Crippen molar-refractivity contribution in [3.8, 4) is 5.75 Å². The zero-order chi connectivity index (χ0) is 19.5. The third kappa shape index (κ3) is 3.86. The molecule has 0 aliphatic rings. The Morgan fingerprint density at radius 1 is 1.07 bits per heavy atom. The molecule has 0 N–H and O–H groups in total. The van der Waals surface area contributed by atoms with Crippen molar-refractivity contribution in [2.24, 2.45) is 0 Å². The second-order valence-electron chi connectivity index (χ2n) is 6.22. The van der Waals surface area contributed by atoms with Crippen LogP contribution in [0.2, 0.25) is 5.02 Å². The van der Waals surface area contributed by atoms with E-state index in [0.29, 0.717) is 28.0 Å². The largest absolute Gasteiger partial charge is 0.497 e. The number of ether oxygens (including phenoxy) is 1. The van der Waals surface area contributed by atoms with Crippen molar-refractivity contribution in [2.75, 3.05) is 12.0 Å². The Kier molecular flexibility index (Phi) is 5.28. The van der Waals surface area contributed by atoms with Gasteiger partial charge in [0.05, 0.1) is 23.9 Å². The summed E-state index contributed by atoms with van der Waals surface area (Å²) in [7, 11) is 1.59. The molecular weight excluding hydrogens is 392 g/mol. The lowest BCUT2D eigenvalue weighted by Crippen LogP contribution is -2.30. The molecule has 140 valence electrons. The summed E-state index contributed by atoms with van der Waals surface area (Å²) >= 11 is 7.56. The Morgan fingerprint density at radius 2 is 1.89 bits per heavy atom. The number of thiazole rings is 1. The van der Waals surface area contributed by atoms with Gasteiger partial charge in [0.15, 0.2) is 5.13 Å². The van der Waals surface area contributed by atoms with Crippen LogP contribution in [0.5, 0.6) is 5.75 Å². The summed E-state index contributed by atoms with van der Waals surface area (Å²) in [5.41, 5.74) is 2.39. The topological polar surface area (TPSA) is 42.4 Å². The Hall–Kier alpha value is -2.89. The number of fused-ring (bicyclic) bond motifs is 1. The van der Waals surface area contributed by atoms with Gasteiger partial charge in [-0.2, -0.15) is 0 Å². The van der Waals surface area contributed by atoms with E-state index in [0.717, 1.165) is 15.8 Å². The third-order valence-electron chi connectivity index (χ3n) is 4.32. The van der Waals surface area contributed by atoms with E-state index in [1.807, 2.05) is 54.6 Å². The predicted molar refractivity (Wildman–Crippen MR) is 115 cm³/mol. The predicted octanol–water partition coefficient (Wildman–Crippen LogP) is 5.81. The number of nitrogens with zero attached hydrogens (tertiary/aromatic N) is 2. The summed E-state index contributed by atoms with van der Waals surface area (Å²) in [5, 5.41) is 1.28. The lowest BCUT2D eigenvalue weighted by atomic mass is 10.1. The highest BCUT2D eigenvalue weighted by molar-refractivity contribution is 7.22. The van der Waals surface area contributed by atoms with Gasteiger partial charge in [0.25, 0.3) is 5.91 Å². The molecule has 0 aliphatic heterocycles. The molecule has 6 heteroatoms. The first-order valence-electron chi connectivity index (χ1n) is 8.70. The highest BCUT2D eigenvalue weighted by Crippen LogP contribution is 2.32. The molecular formula is C22H17ClN2O2S. The van der Waals surface area contributed by atoms with Crippen molar-refractivity contribution in [1.29, 1.82) is 0 Å². The number of anilines is 1. The smallest absolute Gasteiger partial charge is 0.260 e. The molecule has 1 amide bonds. The molecule has 1 heterocycles. The summed E-state index contributed by atoms with van der Waals surface area (Å²) in [6.07, 6.45) is 0. The molecule has 1 aromatic heterocycles. The molecule has 0 atom stereocenters. The van der Waals surface area contributed by atoms with Gasteiger partial charge in [0.1, 0.15) is 5.75 Å². The number of hydrogen-bond donors (Lipinski definition) is 0. The number of benzene rings is 3. The van der Waals surface area contributed by atoms with Crippen LogP contribution in [-0.2, 0) is 6.54 Å². The zero-order valence-corrected chi connectivity index (χ0v) is 16.7. The number of hydrogen-bond acceptors (Lipinski definition) is 4. The lowest BCUT2D eigenvalue weighted by Gasteiger charge is -2.20. The molecule has 28 heavy (non-hydrogen) atoms. The van der Waals surface area contributed by atoms with Crippen LogP contribution in [0.1, 0.15) is 15.9 Å². The first-order valence-corrected chi connectivity index (χ1v) is 9.89. The Labute approximate surface area is 172 Å². The van der Waals surface area contributed by atoms with Gasteiger partial charge in [0, 0.05) is 10.6 Å². The van der Waals surface area contributed by atoms with E-state index in [9.17, 15) is 4.79 Å². The molecule has 0 saturated heterocycles. The molecule has 0 fully saturated rings. The van der Waals surface area contributed by atoms with Gasteiger partial charge in [0.2, 0.25) is 0 Å². The molecule has 4 nitrogen and oxygen atoms in total. The minimum atomic E-state index is -0.132. The number of rotatable bonds is 5. The van der Waals surface area contributed by atoms with Crippen molar-refractivity contribution in [3.05, 3.63) is 88.9 Å². The number of aromatic nitrogens is 1. The summed E-state index contributed by atoms with van der Waals surface area (Å²) in [5.74, 6) is 0.509. The van der Waals surface area contributed by atoms with Crippen molar-refractivity contribution in [2.45, 2.75) is 6.54 Å². The number of carbonyl (C=O) groups is 1. The van der Waals surface area contributed by atoms with Crippen LogP contribution < -0.4 is 9.64 Å². The molecule has 0 unspecified atom stereocenters. The normalized spacial score (nSPS) is 10.8. The van der Waals surface area contributed by atoms with E-state index < -0.39 is 0 Å². The van der Waals surface area contributed by atoms with Crippen LogP contribution in [0, 0.1) is 0 Å². The third-order valence-corrected chi connectivity index (χ3v) is 5.59. The van der Waals surface area contributed by atoms with Gasteiger partial charge in [-0.05, 0) is 42.0 Å². The molecule has 0 spiro atoms. The van der Waals surface area contributed by atoms with E-state index in [4.69, 9.17) is 16.3 Å². The van der Waals surface area contributed by atoms with Crippen LogP contribution in [0.3, 0.4) is 0 Å². The standard InChI is InChI=1S/C22H17ClN2O2S/c1-27-18-9-5-8-16(12-18)21(26)25(14-15-6-3-2-4-7-15)22-24-19-11-10-17(23)13-20(19)28-22/h2-13H,14H2,1H3. The van der Waals surface area contributed by atoms with Crippen molar-refractivity contribution in [3.63, 3.8) is 0 Å². The quantitative estimate of drug-likeness (QED) is 0.418. The molecule has 4 rings (SSSR count). The van der Waals surface area contributed by atoms with Crippen molar-refractivity contribution in [1.82, 2.24) is 4.98 Å². The van der Waals surface area contributed by atoms with Gasteiger partial charge in [-0.25, -0.2) is 4.98 Å². The molecule has 0 aliphatic carbocycles. The van der Waals surface area contributed by atoms with Crippen LogP contribution in [0.15, 0.2) is 72.8 Å². The summed E-state index contributed by atoms with van der Waals surface area (Å²) in [6.45, 7) is 0.421. The van der Waals surface area contributed by atoms with Gasteiger partial charge >= 0.3 is 0 Å². The monoisotopic (exact) mass is 408 g/mol. The van der Waals surface area contributed by atoms with Gasteiger partial charge in [-0.15, -0.1) is 0 Å². The fraction of sp³-hybridized carbons (Fsp3) is 0.0909. The molecule has 4 aromatic rings. The molecule has 0 radical (unpaired) electrons. The van der Waals surface area contributed by atoms with Crippen LogP contribution >= 0.6 is 22.9 Å². The minimum Gasteiger partial charge on any atom is -0.497 e. The minimum absolute atomic E-state index is 0.132. The fourth-order valence-corrected chi connectivity index (χ4v) is 4.15. The first-order chi connectivity index (χ1) is 13.6. The summed E-state index contributed by atoms with van der Waals surface area (Å²) in [4.78, 5) is 19.7. The van der Waals surface area contributed by atoms with E-state index in [1.165, 1.54) is 11.3 Å². The van der Waals surface area contributed by atoms with Crippen LogP contribution in [-0.4, -0.2) is 18.0 Å². The SMILES string of the molecule is COc1cccc(C(=O)N(Cc2ccccc2)c2nc3ccc(Cl)cc3s2)c1. The van der Waals surface area contributed by atoms with Gasteiger partial charge < -0.3 is 4.74 Å². The average Bonchev–Trinajstić information content (AvgIpc) is 3.15. The highest BCUT2D eigenvalue weighted by atomic mass is 35.5. The number of methoxy groups -OCH3 is 1. The van der Waals surface area contributed by atoms with E-state index in [2.05, 4.69) is 4.98 Å². The van der Waals surface area contributed by atoms with Crippen LogP contribution in [0.4, 0.5) is 5.13 Å². The van der Waals surface area contributed by atoms with E-state index in [-0.39, 0.29) is 5.91 Å². The van der Waals surface area contributed by atoms with Gasteiger partial charge in [-0.1, -0.05) is 59.3 Å². The first kappa shape index (κ1) is 18.5. The maximum atomic E-state index is 13.4. The number of halogens is 1. The lowest BCUT2D eigenvalue weighted by molar-refractivity contribution is 0.0985. The van der Waals surface area contributed by atoms with Crippen molar-refractivity contribution >= 4 is 44.2 Å². The Bertz CT molecular complexity index is 1130. The Balaban J connectivity index is 1.77. The average molecular weight is 409 g/mol. The van der Waals surface area contributed by atoms with E-state index in [1.54, 1.807) is 30.2 Å². The van der Waals surface area contributed by atoms with Gasteiger partial charge in [-0.3, -0.25) is 9.69 Å². The maximum Gasteiger partial charge on any atom is 0.260 e. The molecule has 0 bridgehead atoms. The number of carbonyl (C=O) groups excluding carboxylic acids is 1. The number of amides is 1. The van der Waals surface area contributed by atoms with Crippen LogP contribution in [0.25, 0.3) is 10.2 Å². The summed E-state index contributed by atoms with van der Waals surface area (Å²) in [6, 6.07) is 22.6. The maximum absolute atomic E-state index is 13.4. The summed E-state index contributed by atoms with van der Waals surface area (Å²) < 4.78 is 6.22. The highest BCUT2D eigenvalue weighted by Gasteiger charge is 2.22. The second-order valence-corrected chi connectivity index (χ2v) is 7.66. The van der Waals surface area contributed by atoms with Crippen molar-refractivity contribution < 1.29 is 9.53 Å². The Morgan fingerprint density at radius 3 is 2.68 bits per heavy atom. The fourth-order valence-electron chi connectivity index (χ4n) is 2.91. The molecule has 3 aromatic carbocycles.